The molecular formula is C5H8N2S. The van der Waals surface area contributed by atoms with Gasteiger partial charge in [0.25, 0.3) is 0 Å². The first kappa shape index (κ1) is 5.59. The molecule has 1 heterocycles. The first-order chi connectivity index (χ1) is 3.83. The van der Waals surface area contributed by atoms with Gasteiger partial charge in [-0.3, -0.25) is 0 Å². The summed E-state index contributed by atoms with van der Waals surface area (Å²) >= 11 is 1.53. The van der Waals surface area contributed by atoms with Crippen LogP contribution in [-0.2, 0) is 6.54 Å². The van der Waals surface area contributed by atoms with Gasteiger partial charge in [-0.1, -0.05) is 0 Å². The molecule has 0 saturated carbocycles. The predicted molar refractivity (Wildman–Crippen MR) is 36.6 cm³/mol. The first-order valence-corrected chi connectivity index (χ1v) is 3.24. The molecule has 0 radical (unpaired) electrons. The maximum atomic E-state index is 5.42. The second-order valence-electron chi connectivity index (χ2n) is 1.56. The molecular weight excluding hydrogens is 120 g/mol. The number of rotatable bonds is 1. The van der Waals surface area contributed by atoms with E-state index in [0.717, 1.165) is 10.6 Å². The summed E-state index contributed by atoms with van der Waals surface area (Å²) in [5, 5.41) is 2.81. The lowest BCUT2D eigenvalue weighted by Crippen LogP contribution is -1.92. The van der Waals surface area contributed by atoms with Gasteiger partial charge in [-0.25, -0.2) is 0 Å². The molecule has 0 aliphatic rings. The molecule has 44 valence electrons. The van der Waals surface area contributed by atoms with Gasteiger partial charge in [0.05, 0.1) is 5.00 Å². The number of thiophene rings is 1. The lowest BCUT2D eigenvalue weighted by molar-refractivity contribution is 1.08. The summed E-state index contributed by atoms with van der Waals surface area (Å²) in [7, 11) is 0. The highest BCUT2D eigenvalue weighted by atomic mass is 32.1. The number of nitrogen functional groups attached to an aromatic ring is 1. The zero-order valence-corrected chi connectivity index (χ0v) is 5.24. The molecule has 8 heavy (non-hydrogen) atoms. The van der Waals surface area contributed by atoms with E-state index in [1.54, 1.807) is 0 Å². The molecule has 1 rings (SSSR count). The Balaban J connectivity index is 2.84. The van der Waals surface area contributed by atoms with Crippen LogP contribution in [0, 0.1) is 0 Å². The van der Waals surface area contributed by atoms with Crippen LogP contribution in [0.1, 0.15) is 5.56 Å². The monoisotopic (exact) mass is 128 g/mol. The van der Waals surface area contributed by atoms with E-state index in [-0.39, 0.29) is 0 Å². The summed E-state index contributed by atoms with van der Waals surface area (Å²) in [4.78, 5) is 0. The average Bonchev–Trinajstić information content (AvgIpc) is 2.14. The zero-order valence-electron chi connectivity index (χ0n) is 4.42. The maximum absolute atomic E-state index is 5.42. The van der Waals surface area contributed by atoms with Crippen molar-refractivity contribution in [3.8, 4) is 0 Å². The fraction of sp³-hybridized carbons (Fsp3) is 0.200. The van der Waals surface area contributed by atoms with E-state index in [0.29, 0.717) is 6.54 Å². The van der Waals surface area contributed by atoms with Crippen molar-refractivity contribution < 1.29 is 0 Å². The van der Waals surface area contributed by atoms with Gasteiger partial charge in [0.1, 0.15) is 0 Å². The quantitative estimate of drug-likeness (QED) is 0.587. The van der Waals surface area contributed by atoms with E-state index < -0.39 is 0 Å². The number of hydrogen-bond acceptors (Lipinski definition) is 3. The molecule has 0 unspecified atom stereocenters. The molecule has 0 aliphatic heterocycles. The summed E-state index contributed by atoms with van der Waals surface area (Å²) in [5.41, 5.74) is 11.8. The topological polar surface area (TPSA) is 52.0 Å². The average molecular weight is 128 g/mol. The molecule has 0 aliphatic carbocycles. The molecule has 0 aromatic carbocycles. The third-order valence-corrected chi connectivity index (χ3v) is 1.72. The Bertz CT molecular complexity index is 171. The van der Waals surface area contributed by atoms with Gasteiger partial charge in [0.2, 0.25) is 0 Å². The van der Waals surface area contributed by atoms with Gasteiger partial charge in [-0.15, -0.1) is 11.3 Å². The van der Waals surface area contributed by atoms with Crippen LogP contribution in [-0.4, -0.2) is 0 Å². The van der Waals surface area contributed by atoms with Gasteiger partial charge in [0, 0.05) is 6.54 Å². The maximum Gasteiger partial charge on any atom is 0.0859 e. The standard InChI is InChI=1S/C5H8N2S/c6-2-4-1-5(7)8-3-4/h1,3H,2,6-7H2. The molecule has 0 bridgehead atoms. The molecule has 3 heteroatoms. The second-order valence-corrected chi connectivity index (χ2v) is 2.50. The highest BCUT2D eigenvalue weighted by Crippen LogP contribution is 2.14. The van der Waals surface area contributed by atoms with E-state index in [9.17, 15) is 0 Å². The minimum atomic E-state index is 0.591. The minimum Gasteiger partial charge on any atom is -0.391 e. The Kier molecular flexibility index (Phi) is 1.50. The summed E-state index contributed by atoms with van der Waals surface area (Å²) in [6.07, 6.45) is 0. The van der Waals surface area contributed by atoms with Crippen LogP contribution in [0.25, 0.3) is 0 Å². The molecule has 0 atom stereocenters. The van der Waals surface area contributed by atoms with Gasteiger partial charge in [0.15, 0.2) is 0 Å². The van der Waals surface area contributed by atoms with Crippen LogP contribution in [0.3, 0.4) is 0 Å². The highest BCUT2D eigenvalue weighted by molar-refractivity contribution is 7.14. The van der Waals surface area contributed by atoms with Crippen molar-refractivity contribution in [3.63, 3.8) is 0 Å². The Morgan fingerprint density at radius 2 is 2.38 bits per heavy atom. The van der Waals surface area contributed by atoms with Crippen LogP contribution in [0.2, 0.25) is 0 Å². The van der Waals surface area contributed by atoms with E-state index in [2.05, 4.69) is 0 Å². The molecule has 1 aromatic rings. The Morgan fingerprint density at radius 3 is 2.62 bits per heavy atom. The molecule has 0 amide bonds. The van der Waals surface area contributed by atoms with E-state index in [1.807, 2.05) is 11.4 Å². The normalized spacial score (nSPS) is 9.62. The SMILES string of the molecule is NCc1csc(N)c1. The van der Waals surface area contributed by atoms with E-state index >= 15 is 0 Å². The van der Waals surface area contributed by atoms with E-state index in [4.69, 9.17) is 11.5 Å². The van der Waals surface area contributed by atoms with E-state index in [1.165, 1.54) is 11.3 Å². The Labute approximate surface area is 52.1 Å². The van der Waals surface area contributed by atoms with Gasteiger partial charge in [-0.2, -0.15) is 0 Å². The van der Waals surface area contributed by atoms with Crippen molar-refractivity contribution in [1.29, 1.82) is 0 Å². The van der Waals surface area contributed by atoms with Crippen LogP contribution in [0.4, 0.5) is 5.00 Å². The largest absolute Gasteiger partial charge is 0.391 e. The lowest BCUT2D eigenvalue weighted by atomic mass is 10.3. The van der Waals surface area contributed by atoms with Crippen LogP contribution in [0.5, 0.6) is 0 Å². The molecule has 2 nitrogen and oxygen atoms in total. The molecule has 4 N–H and O–H groups in total. The van der Waals surface area contributed by atoms with Crippen LogP contribution >= 0.6 is 11.3 Å². The third-order valence-electron chi connectivity index (χ3n) is 0.910. The van der Waals surface area contributed by atoms with Crippen molar-refractivity contribution >= 4 is 16.3 Å². The Hall–Kier alpha value is -0.540. The summed E-state index contributed by atoms with van der Waals surface area (Å²) < 4.78 is 0. The third kappa shape index (κ3) is 0.993. The van der Waals surface area contributed by atoms with Gasteiger partial charge >= 0.3 is 0 Å². The van der Waals surface area contributed by atoms with Crippen LogP contribution < -0.4 is 11.5 Å². The van der Waals surface area contributed by atoms with Crippen molar-refractivity contribution in [3.05, 3.63) is 17.0 Å². The number of hydrogen-bond donors (Lipinski definition) is 2. The first-order valence-electron chi connectivity index (χ1n) is 2.36. The summed E-state index contributed by atoms with van der Waals surface area (Å²) in [6, 6.07) is 1.89. The molecule has 0 spiro atoms. The van der Waals surface area contributed by atoms with Crippen molar-refractivity contribution in [2.75, 3.05) is 5.73 Å². The zero-order chi connectivity index (χ0) is 5.98. The Morgan fingerprint density at radius 1 is 1.62 bits per heavy atom. The number of anilines is 1. The fourth-order valence-electron chi connectivity index (χ4n) is 0.502. The van der Waals surface area contributed by atoms with Crippen molar-refractivity contribution in [2.45, 2.75) is 6.54 Å². The van der Waals surface area contributed by atoms with Crippen molar-refractivity contribution in [1.82, 2.24) is 0 Å². The van der Waals surface area contributed by atoms with Gasteiger partial charge in [-0.05, 0) is 17.0 Å². The minimum absolute atomic E-state index is 0.591. The predicted octanol–water partition coefficient (Wildman–Crippen LogP) is 0.789. The van der Waals surface area contributed by atoms with Gasteiger partial charge < -0.3 is 11.5 Å². The number of nitrogens with two attached hydrogens (primary N) is 2. The smallest absolute Gasteiger partial charge is 0.0859 e. The summed E-state index contributed by atoms with van der Waals surface area (Å²) in [6.45, 7) is 0.591. The lowest BCUT2D eigenvalue weighted by Gasteiger charge is -1.81. The highest BCUT2D eigenvalue weighted by Gasteiger charge is 1.90. The summed E-state index contributed by atoms with van der Waals surface area (Å²) in [5.74, 6) is 0. The van der Waals surface area contributed by atoms with Crippen molar-refractivity contribution in [2.24, 2.45) is 5.73 Å². The van der Waals surface area contributed by atoms with Crippen LogP contribution in [0.15, 0.2) is 11.4 Å². The second kappa shape index (κ2) is 2.15. The molecule has 0 saturated heterocycles. The molecule has 1 aromatic heterocycles. The molecule has 0 fully saturated rings. The fourth-order valence-corrected chi connectivity index (χ4v) is 1.17.